The van der Waals surface area contributed by atoms with E-state index in [1.54, 1.807) is 7.11 Å². The van der Waals surface area contributed by atoms with Crippen molar-refractivity contribution in [2.45, 2.75) is 39.2 Å². The Morgan fingerprint density at radius 1 is 1.12 bits per heavy atom. The fourth-order valence-corrected chi connectivity index (χ4v) is 2.22. The topological polar surface area (TPSA) is 72.0 Å². The minimum Gasteiger partial charge on any atom is -0.496 e. The Bertz CT molecular complexity index is 518. The summed E-state index contributed by atoms with van der Waals surface area (Å²) in [5, 5.41) is 6.54. The molecule has 0 spiro atoms. The first-order chi connectivity index (χ1) is 11.7. The molecule has 0 saturated heterocycles. The van der Waals surface area contributed by atoms with Gasteiger partial charge in [0.25, 0.3) is 0 Å². The normalized spacial score (nSPS) is 11.0. The van der Waals surface area contributed by atoms with Gasteiger partial charge in [0, 0.05) is 25.1 Å². The van der Waals surface area contributed by atoms with Crippen LogP contribution in [0.4, 0.5) is 0 Å². The Morgan fingerprint density at radius 2 is 1.92 bits per heavy atom. The van der Waals surface area contributed by atoms with E-state index in [1.165, 1.54) is 7.11 Å². The highest BCUT2D eigenvalue weighted by molar-refractivity contribution is 5.79. The SMILES string of the molecule is CCNC(=NCc1ccccc1OC)NCCCCCC(=O)OC. The number of nitrogens with one attached hydrogen (secondary N) is 2. The third kappa shape index (κ3) is 7.85. The van der Waals surface area contributed by atoms with Gasteiger partial charge < -0.3 is 20.1 Å². The number of hydrogen-bond donors (Lipinski definition) is 2. The van der Waals surface area contributed by atoms with Crippen LogP contribution in [-0.4, -0.2) is 39.2 Å². The van der Waals surface area contributed by atoms with Gasteiger partial charge in [0.2, 0.25) is 0 Å². The van der Waals surface area contributed by atoms with Crippen LogP contribution < -0.4 is 15.4 Å². The van der Waals surface area contributed by atoms with Gasteiger partial charge in [-0.05, 0) is 25.8 Å². The van der Waals surface area contributed by atoms with Gasteiger partial charge in [-0.1, -0.05) is 24.6 Å². The Labute approximate surface area is 144 Å². The van der Waals surface area contributed by atoms with Crippen molar-refractivity contribution < 1.29 is 14.3 Å². The zero-order valence-corrected chi connectivity index (χ0v) is 14.9. The standard InChI is InChI=1S/C18H29N3O3/c1-4-19-18(20-13-9-5-6-12-17(22)24-3)21-14-15-10-7-8-11-16(15)23-2/h7-8,10-11H,4-6,9,12-14H2,1-3H3,(H2,19,20,21). The van der Waals surface area contributed by atoms with Crippen LogP contribution in [0.1, 0.15) is 38.2 Å². The number of para-hydroxylation sites is 1. The summed E-state index contributed by atoms with van der Waals surface area (Å²) in [5.41, 5.74) is 1.05. The van der Waals surface area contributed by atoms with E-state index >= 15 is 0 Å². The lowest BCUT2D eigenvalue weighted by atomic mass is 10.2. The Morgan fingerprint density at radius 3 is 2.62 bits per heavy atom. The molecular weight excluding hydrogens is 306 g/mol. The summed E-state index contributed by atoms with van der Waals surface area (Å²) in [6.45, 7) is 4.22. The number of carbonyl (C=O) groups excluding carboxylic acids is 1. The molecule has 2 N–H and O–H groups in total. The molecule has 0 unspecified atom stereocenters. The smallest absolute Gasteiger partial charge is 0.305 e. The second-order valence-electron chi connectivity index (χ2n) is 5.32. The van der Waals surface area contributed by atoms with Gasteiger partial charge in [0.15, 0.2) is 5.96 Å². The first-order valence-electron chi connectivity index (χ1n) is 8.42. The third-order valence-corrected chi connectivity index (χ3v) is 3.52. The first-order valence-corrected chi connectivity index (χ1v) is 8.42. The van der Waals surface area contributed by atoms with Crippen molar-refractivity contribution in [2.24, 2.45) is 4.99 Å². The summed E-state index contributed by atoms with van der Waals surface area (Å²) in [5.74, 6) is 1.49. The van der Waals surface area contributed by atoms with Gasteiger partial charge in [-0.2, -0.15) is 0 Å². The lowest BCUT2D eigenvalue weighted by molar-refractivity contribution is -0.140. The lowest BCUT2D eigenvalue weighted by Crippen LogP contribution is -2.37. The highest BCUT2D eigenvalue weighted by Gasteiger charge is 2.03. The molecule has 0 aliphatic rings. The van der Waals surface area contributed by atoms with Crippen LogP contribution in [-0.2, 0) is 16.1 Å². The van der Waals surface area contributed by atoms with Crippen LogP contribution in [0.15, 0.2) is 29.3 Å². The first kappa shape index (κ1) is 19.8. The minimum absolute atomic E-state index is 0.144. The molecule has 1 rings (SSSR count). The predicted octanol–water partition coefficient (Wildman–Crippen LogP) is 2.48. The second kappa shape index (κ2) is 12.2. The number of unbranched alkanes of at least 4 members (excludes halogenated alkanes) is 2. The van der Waals surface area contributed by atoms with Crippen molar-refractivity contribution in [3.63, 3.8) is 0 Å². The number of ether oxygens (including phenoxy) is 2. The van der Waals surface area contributed by atoms with Crippen LogP contribution in [0.3, 0.4) is 0 Å². The average molecular weight is 335 g/mol. The molecule has 1 aromatic rings. The molecular formula is C18H29N3O3. The number of methoxy groups -OCH3 is 2. The summed E-state index contributed by atoms with van der Waals surface area (Å²) in [4.78, 5) is 15.6. The molecule has 0 aromatic heterocycles. The van der Waals surface area contributed by atoms with Gasteiger partial charge in [-0.15, -0.1) is 0 Å². The second-order valence-corrected chi connectivity index (χ2v) is 5.32. The molecule has 0 fully saturated rings. The summed E-state index contributed by atoms with van der Waals surface area (Å²) >= 11 is 0. The molecule has 0 saturated carbocycles. The van der Waals surface area contributed by atoms with Crippen molar-refractivity contribution in [3.8, 4) is 5.75 Å². The van der Waals surface area contributed by atoms with Gasteiger partial charge in [0.1, 0.15) is 5.75 Å². The van der Waals surface area contributed by atoms with E-state index in [-0.39, 0.29) is 5.97 Å². The molecule has 0 aliphatic heterocycles. The molecule has 0 atom stereocenters. The molecule has 6 nitrogen and oxygen atoms in total. The fourth-order valence-electron chi connectivity index (χ4n) is 2.22. The zero-order valence-electron chi connectivity index (χ0n) is 14.9. The molecule has 134 valence electrons. The van der Waals surface area contributed by atoms with E-state index in [1.807, 2.05) is 31.2 Å². The van der Waals surface area contributed by atoms with Gasteiger partial charge in [-0.3, -0.25) is 4.79 Å². The van der Waals surface area contributed by atoms with E-state index in [0.717, 1.165) is 49.6 Å². The number of nitrogens with zero attached hydrogens (tertiary/aromatic N) is 1. The number of aliphatic imine (C=N–C) groups is 1. The van der Waals surface area contributed by atoms with E-state index in [2.05, 4.69) is 20.4 Å². The summed E-state index contributed by atoms with van der Waals surface area (Å²) in [6.07, 6.45) is 3.30. The van der Waals surface area contributed by atoms with Crippen molar-refractivity contribution in [1.82, 2.24) is 10.6 Å². The highest BCUT2D eigenvalue weighted by atomic mass is 16.5. The molecule has 1 aromatic carbocycles. The van der Waals surface area contributed by atoms with E-state index in [0.29, 0.717) is 13.0 Å². The van der Waals surface area contributed by atoms with Gasteiger partial charge in [0.05, 0.1) is 20.8 Å². The van der Waals surface area contributed by atoms with Crippen molar-refractivity contribution >= 4 is 11.9 Å². The Hall–Kier alpha value is -2.24. The van der Waals surface area contributed by atoms with Gasteiger partial charge in [-0.25, -0.2) is 4.99 Å². The van der Waals surface area contributed by atoms with E-state index in [9.17, 15) is 4.79 Å². The molecule has 0 amide bonds. The quantitative estimate of drug-likeness (QED) is 0.297. The average Bonchev–Trinajstić information content (AvgIpc) is 2.62. The maximum absolute atomic E-state index is 11.0. The fraction of sp³-hybridized carbons (Fsp3) is 0.556. The zero-order chi connectivity index (χ0) is 17.6. The molecule has 0 aliphatic carbocycles. The third-order valence-electron chi connectivity index (χ3n) is 3.52. The monoisotopic (exact) mass is 335 g/mol. The van der Waals surface area contributed by atoms with Crippen molar-refractivity contribution in [1.29, 1.82) is 0 Å². The van der Waals surface area contributed by atoms with Gasteiger partial charge >= 0.3 is 5.97 Å². The number of carbonyl (C=O) groups is 1. The molecule has 0 heterocycles. The number of esters is 1. The predicted molar refractivity (Wildman–Crippen MR) is 96.3 cm³/mol. The molecule has 6 heteroatoms. The maximum atomic E-state index is 11.0. The summed E-state index contributed by atoms with van der Waals surface area (Å²) in [6, 6.07) is 7.88. The number of rotatable bonds is 10. The van der Waals surface area contributed by atoms with Crippen LogP contribution in [0.25, 0.3) is 0 Å². The minimum atomic E-state index is -0.144. The summed E-state index contributed by atoms with van der Waals surface area (Å²) < 4.78 is 9.97. The number of benzene rings is 1. The Balaban J connectivity index is 2.38. The van der Waals surface area contributed by atoms with Crippen LogP contribution in [0.2, 0.25) is 0 Å². The number of guanidine groups is 1. The molecule has 24 heavy (non-hydrogen) atoms. The Kier molecular flexibility index (Phi) is 10.1. The van der Waals surface area contributed by atoms with Crippen LogP contribution in [0, 0.1) is 0 Å². The molecule has 0 bridgehead atoms. The largest absolute Gasteiger partial charge is 0.496 e. The highest BCUT2D eigenvalue weighted by Crippen LogP contribution is 2.17. The van der Waals surface area contributed by atoms with Crippen LogP contribution in [0.5, 0.6) is 5.75 Å². The molecule has 0 radical (unpaired) electrons. The number of hydrogen-bond acceptors (Lipinski definition) is 4. The lowest BCUT2D eigenvalue weighted by Gasteiger charge is -2.12. The van der Waals surface area contributed by atoms with Crippen molar-refractivity contribution in [2.75, 3.05) is 27.3 Å². The van der Waals surface area contributed by atoms with Crippen molar-refractivity contribution in [3.05, 3.63) is 29.8 Å². The van der Waals surface area contributed by atoms with Crippen LogP contribution >= 0.6 is 0 Å². The summed E-state index contributed by atoms with van der Waals surface area (Å²) in [7, 11) is 3.09. The van der Waals surface area contributed by atoms with E-state index in [4.69, 9.17) is 4.74 Å². The maximum Gasteiger partial charge on any atom is 0.305 e. The van der Waals surface area contributed by atoms with E-state index < -0.39 is 0 Å².